The molecule has 0 fully saturated rings. The van der Waals surface area contributed by atoms with Gasteiger partial charge in [0.05, 0.1) is 16.5 Å². The summed E-state index contributed by atoms with van der Waals surface area (Å²) in [7, 11) is 0. The largest absolute Gasteiger partial charge is 0.373 e. The predicted molar refractivity (Wildman–Crippen MR) is 61.1 cm³/mol. The highest BCUT2D eigenvalue weighted by atomic mass is 79.9. The van der Waals surface area contributed by atoms with E-state index in [1.54, 1.807) is 11.3 Å². The fourth-order valence-electron chi connectivity index (χ4n) is 0.835. The number of thiophene rings is 1. The van der Waals surface area contributed by atoms with Gasteiger partial charge < -0.3 is 4.74 Å². The number of halogens is 1. The highest BCUT2D eigenvalue weighted by molar-refractivity contribution is 9.11. The van der Waals surface area contributed by atoms with E-state index < -0.39 is 0 Å². The molecule has 0 aromatic carbocycles. The predicted octanol–water partition coefficient (Wildman–Crippen LogP) is 4.07. The van der Waals surface area contributed by atoms with Crippen LogP contribution in [0.3, 0.4) is 0 Å². The van der Waals surface area contributed by atoms with Crippen molar-refractivity contribution in [1.29, 1.82) is 0 Å². The zero-order chi connectivity index (χ0) is 9.84. The Kier molecular flexibility index (Phi) is 4.42. The van der Waals surface area contributed by atoms with Crippen molar-refractivity contribution in [2.75, 3.05) is 0 Å². The molecule has 0 aliphatic heterocycles. The van der Waals surface area contributed by atoms with Crippen molar-refractivity contribution in [1.82, 2.24) is 0 Å². The monoisotopic (exact) mass is 262 g/mol. The molecule has 0 aliphatic carbocycles. The van der Waals surface area contributed by atoms with Crippen LogP contribution < -0.4 is 0 Å². The molecule has 0 saturated carbocycles. The maximum atomic E-state index is 5.69. The second kappa shape index (κ2) is 5.13. The Balaban J connectivity index is 2.35. The third kappa shape index (κ3) is 3.79. The highest BCUT2D eigenvalue weighted by Crippen LogP contribution is 2.23. The normalized spacial score (nSPS) is 13.6. The lowest BCUT2D eigenvalue weighted by molar-refractivity contribution is 0.0249. The molecule has 1 unspecified atom stereocenters. The molecule has 0 spiro atoms. The first-order chi connectivity index (χ1) is 6.09. The molecule has 1 rings (SSSR count). The SMILES string of the molecule is CC(C)C(C)OCc1ccc(Br)s1. The Morgan fingerprint density at radius 2 is 2.08 bits per heavy atom. The third-order valence-corrected chi connectivity index (χ3v) is 3.65. The van der Waals surface area contributed by atoms with E-state index in [1.165, 1.54) is 8.66 Å². The molecule has 1 nitrogen and oxygen atoms in total. The van der Waals surface area contributed by atoms with Gasteiger partial charge in [0.2, 0.25) is 0 Å². The first-order valence-electron chi connectivity index (χ1n) is 4.45. The van der Waals surface area contributed by atoms with Gasteiger partial charge >= 0.3 is 0 Å². The fraction of sp³-hybridized carbons (Fsp3) is 0.600. The van der Waals surface area contributed by atoms with Crippen LogP contribution in [0.2, 0.25) is 0 Å². The van der Waals surface area contributed by atoms with Gasteiger partial charge in [-0.05, 0) is 40.9 Å². The van der Waals surface area contributed by atoms with Crippen LogP contribution in [0, 0.1) is 5.92 Å². The van der Waals surface area contributed by atoms with Crippen LogP contribution in [-0.2, 0) is 11.3 Å². The van der Waals surface area contributed by atoms with E-state index in [1.807, 2.05) is 0 Å². The van der Waals surface area contributed by atoms with Crippen LogP contribution in [0.4, 0.5) is 0 Å². The molecule has 1 heterocycles. The number of rotatable bonds is 4. The Labute approximate surface area is 92.2 Å². The van der Waals surface area contributed by atoms with Crippen LogP contribution in [0.15, 0.2) is 15.9 Å². The molecule has 13 heavy (non-hydrogen) atoms. The van der Waals surface area contributed by atoms with Gasteiger partial charge in [-0.25, -0.2) is 0 Å². The molecule has 1 aromatic rings. The summed E-state index contributed by atoms with van der Waals surface area (Å²) in [6.07, 6.45) is 0.334. The van der Waals surface area contributed by atoms with Crippen LogP contribution in [-0.4, -0.2) is 6.10 Å². The lowest BCUT2D eigenvalue weighted by Crippen LogP contribution is -2.14. The van der Waals surface area contributed by atoms with E-state index in [9.17, 15) is 0 Å². The minimum Gasteiger partial charge on any atom is -0.373 e. The van der Waals surface area contributed by atoms with Gasteiger partial charge in [-0.15, -0.1) is 11.3 Å². The van der Waals surface area contributed by atoms with Crippen molar-refractivity contribution >= 4 is 27.3 Å². The summed E-state index contributed by atoms with van der Waals surface area (Å²) in [5, 5.41) is 0. The molecule has 0 saturated heterocycles. The maximum absolute atomic E-state index is 5.69. The van der Waals surface area contributed by atoms with E-state index in [0.717, 1.165) is 6.61 Å². The maximum Gasteiger partial charge on any atom is 0.0813 e. The van der Waals surface area contributed by atoms with Crippen molar-refractivity contribution in [3.05, 3.63) is 20.8 Å². The minimum atomic E-state index is 0.334. The van der Waals surface area contributed by atoms with Crippen LogP contribution >= 0.6 is 27.3 Å². The molecular formula is C10H15BrOS. The summed E-state index contributed by atoms with van der Waals surface area (Å²) < 4.78 is 6.86. The van der Waals surface area contributed by atoms with E-state index >= 15 is 0 Å². The lowest BCUT2D eigenvalue weighted by Gasteiger charge is -2.15. The molecule has 1 aromatic heterocycles. The summed E-state index contributed by atoms with van der Waals surface area (Å²) in [5.74, 6) is 0.586. The van der Waals surface area contributed by atoms with Crippen molar-refractivity contribution < 1.29 is 4.74 Å². The molecule has 0 bridgehead atoms. The smallest absolute Gasteiger partial charge is 0.0813 e. The van der Waals surface area contributed by atoms with Crippen LogP contribution in [0.25, 0.3) is 0 Å². The molecule has 1 atom stereocenters. The number of ether oxygens (including phenoxy) is 1. The molecule has 3 heteroatoms. The van der Waals surface area contributed by atoms with Crippen molar-refractivity contribution in [2.45, 2.75) is 33.5 Å². The highest BCUT2D eigenvalue weighted by Gasteiger charge is 2.07. The molecule has 0 aliphatic rings. The van der Waals surface area contributed by atoms with E-state index in [2.05, 4.69) is 48.8 Å². The first kappa shape index (κ1) is 11.2. The summed E-state index contributed by atoms with van der Waals surface area (Å²) >= 11 is 5.16. The van der Waals surface area contributed by atoms with Crippen molar-refractivity contribution in [2.24, 2.45) is 5.92 Å². The van der Waals surface area contributed by atoms with Gasteiger partial charge in [0, 0.05) is 4.88 Å². The molecule has 0 amide bonds. The average Bonchev–Trinajstić information content (AvgIpc) is 2.47. The van der Waals surface area contributed by atoms with Crippen LogP contribution in [0.1, 0.15) is 25.6 Å². The third-order valence-electron chi connectivity index (χ3n) is 2.06. The zero-order valence-corrected chi connectivity index (χ0v) is 10.6. The summed E-state index contributed by atoms with van der Waals surface area (Å²) in [6.45, 7) is 7.20. The van der Waals surface area contributed by atoms with Crippen molar-refractivity contribution in [3.8, 4) is 0 Å². The van der Waals surface area contributed by atoms with Gasteiger partial charge in [-0.2, -0.15) is 0 Å². The molecule has 0 radical (unpaired) electrons. The Hall–Kier alpha value is 0.140. The van der Waals surface area contributed by atoms with Crippen molar-refractivity contribution in [3.63, 3.8) is 0 Å². The van der Waals surface area contributed by atoms with Gasteiger partial charge in [-0.1, -0.05) is 13.8 Å². The number of hydrogen-bond acceptors (Lipinski definition) is 2. The lowest BCUT2D eigenvalue weighted by atomic mass is 10.1. The Morgan fingerprint density at radius 1 is 1.38 bits per heavy atom. The fourth-order valence-corrected chi connectivity index (χ4v) is 2.24. The average molecular weight is 263 g/mol. The zero-order valence-electron chi connectivity index (χ0n) is 8.21. The summed E-state index contributed by atoms with van der Waals surface area (Å²) in [6, 6.07) is 4.16. The summed E-state index contributed by atoms with van der Waals surface area (Å²) in [5.41, 5.74) is 0. The second-order valence-electron chi connectivity index (χ2n) is 3.47. The van der Waals surface area contributed by atoms with E-state index in [0.29, 0.717) is 12.0 Å². The minimum absolute atomic E-state index is 0.334. The summed E-state index contributed by atoms with van der Waals surface area (Å²) in [4.78, 5) is 1.28. The van der Waals surface area contributed by atoms with Gasteiger partial charge in [0.15, 0.2) is 0 Å². The van der Waals surface area contributed by atoms with Gasteiger partial charge in [0.1, 0.15) is 0 Å². The topological polar surface area (TPSA) is 9.23 Å². The van der Waals surface area contributed by atoms with Gasteiger partial charge in [0.25, 0.3) is 0 Å². The molecule has 74 valence electrons. The van der Waals surface area contributed by atoms with Gasteiger partial charge in [-0.3, -0.25) is 0 Å². The molecular weight excluding hydrogens is 248 g/mol. The standard InChI is InChI=1S/C10H15BrOS/c1-7(2)8(3)12-6-9-4-5-10(11)13-9/h4-5,7-8H,6H2,1-3H3. The quantitative estimate of drug-likeness (QED) is 0.795. The Bertz CT molecular complexity index is 257. The van der Waals surface area contributed by atoms with E-state index in [4.69, 9.17) is 4.74 Å². The van der Waals surface area contributed by atoms with Crippen LogP contribution in [0.5, 0.6) is 0 Å². The second-order valence-corrected chi connectivity index (χ2v) is 6.01. The first-order valence-corrected chi connectivity index (χ1v) is 6.06. The Morgan fingerprint density at radius 3 is 2.54 bits per heavy atom. The van der Waals surface area contributed by atoms with E-state index in [-0.39, 0.29) is 0 Å². The molecule has 0 N–H and O–H groups in total. The number of hydrogen-bond donors (Lipinski definition) is 0.